The van der Waals surface area contributed by atoms with Crippen molar-refractivity contribution < 1.29 is 28.2 Å². The van der Waals surface area contributed by atoms with Gasteiger partial charge in [0.2, 0.25) is 0 Å². The largest absolute Gasteiger partial charge is 0.416 e. The van der Waals surface area contributed by atoms with Gasteiger partial charge >= 0.3 is 6.18 Å². The van der Waals surface area contributed by atoms with Gasteiger partial charge in [-0.3, -0.25) is 9.78 Å². The van der Waals surface area contributed by atoms with Crippen molar-refractivity contribution >= 4 is 5.91 Å². The highest BCUT2D eigenvalue weighted by molar-refractivity contribution is 5.94. The quantitative estimate of drug-likeness (QED) is 0.700. The minimum absolute atomic E-state index is 0.0122. The van der Waals surface area contributed by atoms with E-state index in [1.54, 1.807) is 0 Å². The predicted molar refractivity (Wildman–Crippen MR) is 88.2 cm³/mol. The lowest BCUT2D eigenvalue weighted by molar-refractivity contribution is -0.138. The van der Waals surface area contributed by atoms with Crippen LogP contribution in [0.5, 0.6) is 0 Å². The standard InChI is InChI=1S/C18H19F3N2O3/c19-18(20,21)16-4-2-1-3-13(16)7-12(10-24)9-23-17(26)14-5-6-22-15(8-14)11-25/h1-6,8,12,24-25H,7,9-11H2,(H,23,26). The van der Waals surface area contributed by atoms with Gasteiger partial charge in [0.05, 0.1) is 17.9 Å². The maximum absolute atomic E-state index is 13.1. The second-order valence-corrected chi connectivity index (χ2v) is 5.81. The predicted octanol–water partition coefficient (Wildman–Crippen LogP) is 2.17. The van der Waals surface area contributed by atoms with Gasteiger partial charge in [0.15, 0.2) is 0 Å². The maximum atomic E-state index is 13.1. The maximum Gasteiger partial charge on any atom is 0.416 e. The number of halogens is 3. The Labute approximate surface area is 148 Å². The molecule has 0 radical (unpaired) electrons. The number of hydrogen-bond acceptors (Lipinski definition) is 4. The molecule has 0 spiro atoms. The minimum atomic E-state index is -4.47. The summed E-state index contributed by atoms with van der Waals surface area (Å²) in [5.74, 6) is -1.02. The molecule has 0 aliphatic heterocycles. The Bertz CT molecular complexity index is 750. The second-order valence-electron chi connectivity index (χ2n) is 5.81. The monoisotopic (exact) mass is 368 g/mol. The van der Waals surface area contributed by atoms with E-state index in [4.69, 9.17) is 5.11 Å². The number of pyridine rings is 1. The molecule has 1 heterocycles. The van der Waals surface area contributed by atoms with Crippen molar-refractivity contribution in [3.63, 3.8) is 0 Å². The molecule has 1 unspecified atom stereocenters. The molecule has 0 saturated carbocycles. The zero-order valence-electron chi connectivity index (χ0n) is 13.8. The summed E-state index contributed by atoms with van der Waals surface area (Å²) >= 11 is 0. The molecule has 140 valence electrons. The van der Waals surface area contributed by atoms with E-state index < -0.39 is 23.6 Å². The van der Waals surface area contributed by atoms with Crippen molar-refractivity contribution in [3.8, 4) is 0 Å². The van der Waals surface area contributed by atoms with Crippen LogP contribution in [-0.4, -0.2) is 34.3 Å². The first-order chi connectivity index (χ1) is 12.3. The molecule has 1 amide bonds. The van der Waals surface area contributed by atoms with Gasteiger partial charge in [-0.2, -0.15) is 13.2 Å². The molecule has 5 nitrogen and oxygen atoms in total. The first-order valence-electron chi connectivity index (χ1n) is 7.95. The van der Waals surface area contributed by atoms with E-state index in [-0.39, 0.29) is 37.3 Å². The molecule has 0 aliphatic rings. The summed E-state index contributed by atoms with van der Waals surface area (Å²) in [6.07, 6.45) is -3.12. The van der Waals surface area contributed by atoms with Crippen LogP contribution in [-0.2, 0) is 19.2 Å². The highest BCUT2D eigenvalue weighted by Gasteiger charge is 2.33. The fourth-order valence-electron chi connectivity index (χ4n) is 2.53. The van der Waals surface area contributed by atoms with Crippen LogP contribution in [0.3, 0.4) is 0 Å². The number of aromatic nitrogens is 1. The van der Waals surface area contributed by atoms with Gasteiger partial charge in [0, 0.05) is 30.8 Å². The summed E-state index contributed by atoms with van der Waals surface area (Å²) < 4.78 is 39.2. The number of benzene rings is 1. The molecular formula is C18H19F3N2O3. The molecule has 1 atom stereocenters. The van der Waals surface area contributed by atoms with E-state index >= 15 is 0 Å². The van der Waals surface area contributed by atoms with Crippen LogP contribution in [0.2, 0.25) is 0 Å². The molecule has 3 N–H and O–H groups in total. The average Bonchev–Trinajstić information content (AvgIpc) is 2.64. The van der Waals surface area contributed by atoms with E-state index in [1.807, 2.05) is 0 Å². The molecule has 0 fully saturated rings. The molecule has 0 saturated heterocycles. The molecule has 26 heavy (non-hydrogen) atoms. The van der Waals surface area contributed by atoms with Crippen LogP contribution in [0.25, 0.3) is 0 Å². The number of hydrogen-bond donors (Lipinski definition) is 3. The third-order valence-corrected chi connectivity index (χ3v) is 3.88. The number of nitrogens with zero attached hydrogens (tertiary/aromatic N) is 1. The Balaban J connectivity index is 2.03. The van der Waals surface area contributed by atoms with Crippen molar-refractivity contribution in [3.05, 3.63) is 65.0 Å². The van der Waals surface area contributed by atoms with Gasteiger partial charge < -0.3 is 15.5 Å². The van der Waals surface area contributed by atoms with Gasteiger partial charge in [-0.25, -0.2) is 0 Å². The Morgan fingerprint density at radius 2 is 1.92 bits per heavy atom. The summed E-state index contributed by atoms with van der Waals surface area (Å²) in [6.45, 7) is -0.669. The smallest absolute Gasteiger partial charge is 0.396 e. The van der Waals surface area contributed by atoms with Crippen LogP contribution in [0.4, 0.5) is 13.2 Å². The SMILES string of the molecule is O=C(NCC(CO)Cc1ccccc1C(F)(F)F)c1ccnc(CO)c1. The number of aliphatic hydroxyl groups is 2. The van der Waals surface area contributed by atoms with E-state index in [2.05, 4.69) is 10.3 Å². The third-order valence-electron chi connectivity index (χ3n) is 3.88. The number of carbonyl (C=O) groups excluding carboxylic acids is 1. The van der Waals surface area contributed by atoms with E-state index in [1.165, 1.54) is 36.5 Å². The van der Waals surface area contributed by atoms with Gasteiger partial charge in [-0.1, -0.05) is 18.2 Å². The van der Waals surface area contributed by atoms with Crippen molar-refractivity contribution in [1.82, 2.24) is 10.3 Å². The molecule has 8 heteroatoms. The molecule has 0 aliphatic carbocycles. The molecule has 0 bridgehead atoms. The molecule has 2 rings (SSSR count). The Morgan fingerprint density at radius 1 is 1.19 bits per heavy atom. The minimum Gasteiger partial charge on any atom is -0.396 e. The van der Waals surface area contributed by atoms with Crippen molar-refractivity contribution in [1.29, 1.82) is 0 Å². The van der Waals surface area contributed by atoms with E-state index in [0.717, 1.165) is 6.07 Å². The first kappa shape index (κ1) is 19.9. The van der Waals surface area contributed by atoms with Gasteiger partial charge in [-0.15, -0.1) is 0 Å². The van der Waals surface area contributed by atoms with Crippen molar-refractivity contribution in [2.75, 3.05) is 13.2 Å². The molecular weight excluding hydrogens is 349 g/mol. The van der Waals surface area contributed by atoms with Crippen molar-refractivity contribution in [2.24, 2.45) is 5.92 Å². The summed E-state index contributed by atoms with van der Waals surface area (Å²) in [7, 11) is 0. The highest BCUT2D eigenvalue weighted by Crippen LogP contribution is 2.32. The average molecular weight is 368 g/mol. The fourth-order valence-corrected chi connectivity index (χ4v) is 2.53. The van der Waals surface area contributed by atoms with Crippen molar-refractivity contribution in [2.45, 2.75) is 19.2 Å². The van der Waals surface area contributed by atoms with Crippen LogP contribution in [0, 0.1) is 5.92 Å². The van der Waals surface area contributed by atoms with Gasteiger partial charge in [0.1, 0.15) is 0 Å². The normalized spacial score (nSPS) is 12.7. The summed E-state index contributed by atoms with van der Waals surface area (Å²) in [5, 5.41) is 21.1. The first-order valence-corrected chi connectivity index (χ1v) is 7.95. The van der Waals surface area contributed by atoms with Crippen LogP contribution in [0.15, 0.2) is 42.6 Å². The van der Waals surface area contributed by atoms with Gasteiger partial charge in [-0.05, 0) is 30.2 Å². The molecule has 1 aromatic carbocycles. The highest BCUT2D eigenvalue weighted by atomic mass is 19.4. The zero-order valence-corrected chi connectivity index (χ0v) is 13.8. The second kappa shape index (κ2) is 8.77. The lowest BCUT2D eigenvalue weighted by Crippen LogP contribution is -2.32. The van der Waals surface area contributed by atoms with Crippen LogP contribution >= 0.6 is 0 Å². The third kappa shape index (κ3) is 5.27. The van der Waals surface area contributed by atoms with E-state index in [0.29, 0.717) is 5.69 Å². The fraction of sp³-hybridized carbons (Fsp3) is 0.333. The zero-order chi connectivity index (χ0) is 19.2. The number of amides is 1. The summed E-state index contributed by atoms with van der Waals surface area (Å²) in [6, 6.07) is 8.05. The number of alkyl halides is 3. The number of carbonyl (C=O) groups is 1. The van der Waals surface area contributed by atoms with Crippen LogP contribution < -0.4 is 5.32 Å². The van der Waals surface area contributed by atoms with Crippen LogP contribution in [0.1, 0.15) is 27.2 Å². The lowest BCUT2D eigenvalue weighted by Gasteiger charge is -2.18. The number of nitrogens with one attached hydrogen (secondary N) is 1. The number of aliphatic hydroxyl groups excluding tert-OH is 2. The van der Waals surface area contributed by atoms with Gasteiger partial charge in [0.25, 0.3) is 5.91 Å². The van der Waals surface area contributed by atoms with E-state index in [9.17, 15) is 23.1 Å². The molecule has 2 aromatic rings. The Hall–Kier alpha value is -2.45. The topological polar surface area (TPSA) is 82.5 Å². The lowest BCUT2D eigenvalue weighted by atomic mass is 9.95. The summed E-state index contributed by atoms with van der Waals surface area (Å²) in [5.41, 5.74) is -0.0711. The molecule has 1 aromatic heterocycles. The Morgan fingerprint density at radius 3 is 2.58 bits per heavy atom. The summed E-state index contributed by atoms with van der Waals surface area (Å²) in [4.78, 5) is 16.0. The number of rotatable bonds is 7. The Kier molecular flexibility index (Phi) is 6.70.